The van der Waals surface area contributed by atoms with E-state index < -0.39 is 29.0 Å². The molecule has 0 aromatic carbocycles. The average Bonchev–Trinajstić information content (AvgIpc) is 2.81. The highest BCUT2D eigenvalue weighted by molar-refractivity contribution is 7.92. The van der Waals surface area contributed by atoms with Crippen molar-refractivity contribution in [2.75, 3.05) is 20.0 Å². The molecule has 0 radical (unpaired) electrons. The molecule has 0 fully saturated rings. The molecule has 110 valence electrons. The summed E-state index contributed by atoms with van der Waals surface area (Å²) in [7, 11) is 1.40. The first-order valence-electron chi connectivity index (χ1n) is 5.47. The Labute approximate surface area is 119 Å². The maximum Gasteiger partial charge on any atom is 0.304 e. The van der Waals surface area contributed by atoms with Gasteiger partial charge in [0.2, 0.25) is 0 Å². The molecule has 20 heavy (non-hydrogen) atoms. The first-order valence-corrected chi connectivity index (χ1v) is 7.85. The van der Waals surface area contributed by atoms with Crippen LogP contribution in [0.4, 0.5) is 8.78 Å². The number of ether oxygens (including phenoxy) is 1. The van der Waals surface area contributed by atoms with Gasteiger partial charge in [0.05, 0.1) is 13.2 Å². The Bertz CT molecular complexity index is 672. The lowest BCUT2D eigenvalue weighted by atomic mass is 10.4. The van der Waals surface area contributed by atoms with E-state index in [0.717, 1.165) is 15.9 Å². The van der Waals surface area contributed by atoms with Gasteiger partial charge >= 0.3 is 4.34 Å². The first-order chi connectivity index (χ1) is 9.45. The van der Waals surface area contributed by atoms with E-state index >= 15 is 0 Å². The summed E-state index contributed by atoms with van der Waals surface area (Å²) in [4.78, 5) is 19.9. The van der Waals surface area contributed by atoms with Gasteiger partial charge in [0.15, 0.2) is 16.2 Å². The Kier molecular flexibility index (Phi) is 4.68. The maximum atomic E-state index is 13.0. The number of alkyl halides is 2. The number of thiazole rings is 1. The van der Waals surface area contributed by atoms with Crippen molar-refractivity contribution in [2.45, 2.75) is 17.3 Å². The van der Waals surface area contributed by atoms with Crippen molar-refractivity contribution in [1.82, 2.24) is 14.5 Å². The third-order valence-electron chi connectivity index (χ3n) is 2.49. The summed E-state index contributed by atoms with van der Waals surface area (Å²) in [6.45, 7) is 0.0591. The molecule has 2 aromatic heterocycles. The number of rotatable bonds is 5. The molecule has 1 unspecified atom stereocenters. The molecular weight excluding hydrogens is 312 g/mol. The van der Waals surface area contributed by atoms with E-state index in [4.69, 9.17) is 4.74 Å². The van der Waals surface area contributed by atoms with E-state index in [0.29, 0.717) is 0 Å². The molecule has 0 aliphatic heterocycles. The fourth-order valence-electron chi connectivity index (χ4n) is 1.59. The van der Waals surface area contributed by atoms with Crippen molar-refractivity contribution in [2.24, 2.45) is 0 Å². The average molecular weight is 323 g/mol. The zero-order valence-corrected chi connectivity index (χ0v) is 12.3. The summed E-state index contributed by atoms with van der Waals surface area (Å²) < 4.78 is 43.2. The highest BCUT2D eigenvalue weighted by atomic mass is 32.2. The quantitative estimate of drug-likeness (QED) is 0.772. The van der Waals surface area contributed by atoms with Crippen LogP contribution in [0.25, 0.3) is 10.3 Å². The summed E-state index contributed by atoms with van der Waals surface area (Å²) in [6.07, 6.45) is -1.49. The van der Waals surface area contributed by atoms with E-state index in [1.54, 1.807) is 0 Å². The fourth-order valence-corrected chi connectivity index (χ4v) is 3.19. The van der Waals surface area contributed by atoms with Crippen LogP contribution in [0.3, 0.4) is 0 Å². The zero-order valence-electron chi connectivity index (χ0n) is 10.6. The predicted molar refractivity (Wildman–Crippen MR) is 70.8 cm³/mol. The lowest BCUT2D eigenvalue weighted by Gasteiger charge is -2.10. The number of nitrogens with zero attached hydrogens (tertiary/aromatic N) is 3. The second-order valence-electron chi connectivity index (χ2n) is 3.81. The molecule has 2 aromatic rings. The Hall–Kier alpha value is -1.10. The first kappa shape index (κ1) is 15.3. The summed E-state index contributed by atoms with van der Waals surface area (Å²) in [5, 5.41) is 0. The molecule has 10 heteroatoms. The summed E-state index contributed by atoms with van der Waals surface area (Å²) in [6, 6.07) is 0. The van der Waals surface area contributed by atoms with Gasteiger partial charge in [0.1, 0.15) is 6.26 Å². The van der Waals surface area contributed by atoms with Crippen molar-refractivity contribution in [3.8, 4) is 0 Å². The van der Waals surface area contributed by atoms with Gasteiger partial charge in [-0.15, -0.1) is 0 Å². The summed E-state index contributed by atoms with van der Waals surface area (Å²) in [5.74, 6) is -0.628. The minimum absolute atomic E-state index is 0.0410. The monoisotopic (exact) mass is 323 g/mol. The molecule has 0 saturated heterocycles. The minimum Gasteiger partial charge on any atom is -0.610 e. The van der Waals surface area contributed by atoms with Crippen LogP contribution in [0.2, 0.25) is 0 Å². The van der Waals surface area contributed by atoms with Crippen molar-refractivity contribution >= 4 is 32.9 Å². The van der Waals surface area contributed by atoms with E-state index in [9.17, 15) is 18.1 Å². The second kappa shape index (κ2) is 6.12. The van der Waals surface area contributed by atoms with E-state index in [-0.39, 0.29) is 27.8 Å². The van der Waals surface area contributed by atoms with Crippen LogP contribution in [-0.4, -0.2) is 39.1 Å². The van der Waals surface area contributed by atoms with Gasteiger partial charge in [-0.1, -0.05) is 0 Å². The van der Waals surface area contributed by atoms with Crippen LogP contribution in [-0.2, 0) is 22.5 Å². The molecule has 0 spiro atoms. The standard InChI is InChI=1S/C10H11F2N3O3S2/c1-18-4-3-15-7(6(11)12)14-8-5(9(15)16)13-10(19-8)20(2)17/h6H,3-4H2,1-2H3. The topological polar surface area (TPSA) is 80.1 Å². The number of hydrogen-bond acceptors (Lipinski definition) is 6. The van der Waals surface area contributed by atoms with Crippen LogP contribution in [0.15, 0.2) is 9.13 Å². The molecule has 0 N–H and O–H groups in total. The molecule has 2 heterocycles. The molecule has 0 bridgehead atoms. The van der Waals surface area contributed by atoms with E-state index in [1.807, 2.05) is 0 Å². The van der Waals surface area contributed by atoms with Crippen molar-refractivity contribution in [3.63, 3.8) is 0 Å². The zero-order chi connectivity index (χ0) is 14.9. The number of methoxy groups -OCH3 is 1. The van der Waals surface area contributed by atoms with Gasteiger partial charge in [-0.3, -0.25) is 9.36 Å². The number of halogens is 2. The fraction of sp³-hybridized carbons (Fsp3) is 0.500. The van der Waals surface area contributed by atoms with E-state index in [2.05, 4.69) is 9.97 Å². The van der Waals surface area contributed by atoms with Gasteiger partial charge in [-0.2, -0.15) is 4.98 Å². The van der Waals surface area contributed by atoms with Crippen LogP contribution in [0.5, 0.6) is 0 Å². The molecule has 0 amide bonds. The molecular formula is C10H11F2N3O3S2. The molecule has 0 aliphatic carbocycles. The lowest BCUT2D eigenvalue weighted by Crippen LogP contribution is -2.27. The Morgan fingerprint density at radius 3 is 2.75 bits per heavy atom. The van der Waals surface area contributed by atoms with Gasteiger partial charge in [-0.25, -0.2) is 13.8 Å². The van der Waals surface area contributed by atoms with E-state index in [1.165, 1.54) is 13.4 Å². The molecule has 1 atom stereocenters. The number of aromatic nitrogens is 3. The SMILES string of the molecule is COCCn1c(C(F)F)nc2sc([S+](C)[O-])nc2c1=O. The van der Waals surface area contributed by atoms with Gasteiger partial charge in [0, 0.05) is 18.3 Å². The molecule has 2 rings (SSSR count). The van der Waals surface area contributed by atoms with Crippen LogP contribution in [0.1, 0.15) is 12.2 Å². The number of fused-ring (bicyclic) bond motifs is 1. The minimum atomic E-state index is -2.89. The van der Waals surface area contributed by atoms with Crippen molar-refractivity contribution < 1.29 is 18.1 Å². The Morgan fingerprint density at radius 2 is 2.20 bits per heavy atom. The molecule has 0 aliphatic rings. The third-order valence-corrected chi connectivity index (χ3v) is 4.77. The number of hydrogen-bond donors (Lipinski definition) is 0. The highest BCUT2D eigenvalue weighted by Gasteiger charge is 2.23. The Balaban J connectivity index is 2.65. The summed E-state index contributed by atoms with van der Waals surface area (Å²) in [5.41, 5.74) is -0.712. The van der Waals surface area contributed by atoms with Crippen LogP contribution >= 0.6 is 11.3 Å². The van der Waals surface area contributed by atoms with Crippen LogP contribution < -0.4 is 5.56 Å². The molecule has 0 saturated carbocycles. The van der Waals surface area contributed by atoms with Crippen molar-refractivity contribution in [1.29, 1.82) is 0 Å². The smallest absolute Gasteiger partial charge is 0.304 e. The summed E-state index contributed by atoms with van der Waals surface area (Å²) >= 11 is -0.509. The van der Waals surface area contributed by atoms with Crippen LogP contribution in [0, 0.1) is 0 Å². The van der Waals surface area contributed by atoms with Gasteiger partial charge < -0.3 is 9.29 Å². The van der Waals surface area contributed by atoms with Gasteiger partial charge in [0.25, 0.3) is 12.0 Å². The highest BCUT2D eigenvalue weighted by Crippen LogP contribution is 2.24. The predicted octanol–water partition coefficient (Wildman–Crippen LogP) is 1.17. The second-order valence-corrected chi connectivity index (χ2v) is 6.34. The normalized spacial score (nSPS) is 13.3. The molecule has 6 nitrogen and oxygen atoms in total. The maximum absolute atomic E-state index is 13.0. The largest absolute Gasteiger partial charge is 0.610 e. The Morgan fingerprint density at radius 1 is 1.50 bits per heavy atom. The lowest BCUT2D eigenvalue weighted by molar-refractivity contribution is 0.127. The third kappa shape index (κ3) is 2.82. The van der Waals surface area contributed by atoms with Gasteiger partial charge in [-0.05, 0) is 11.3 Å². The van der Waals surface area contributed by atoms with Crippen molar-refractivity contribution in [3.05, 3.63) is 16.2 Å².